The van der Waals surface area contributed by atoms with E-state index >= 15 is 0 Å². The molecule has 0 saturated carbocycles. The van der Waals surface area contributed by atoms with E-state index in [0.29, 0.717) is 27.5 Å². The smallest absolute Gasteiger partial charge is 0.255 e. The Morgan fingerprint density at radius 1 is 0.769 bits per heavy atom. The molecule has 4 nitrogen and oxygen atoms in total. The molecule has 0 aromatic heterocycles. The Hall–Kier alpha value is -3.11. The zero-order valence-corrected chi connectivity index (χ0v) is 14.9. The normalized spacial score (nSPS) is 10.2. The first kappa shape index (κ1) is 17.7. The van der Waals surface area contributed by atoms with Crippen LogP contribution in [0.1, 0.15) is 26.3 Å². The van der Waals surface area contributed by atoms with Gasteiger partial charge in [-0.25, -0.2) is 0 Å². The van der Waals surface area contributed by atoms with Crippen molar-refractivity contribution in [2.24, 2.45) is 0 Å². The maximum atomic E-state index is 12.4. The van der Waals surface area contributed by atoms with Crippen molar-refractivity contribution >= 4 is 34.8 Å². The SMILES string of the molecule is Cc1cc(Cl)ccc1NC(=O)c1ccc(NC(=O)c2ccccc2)cc1. The monoisotopic (exact) mass is 364 g/mol. The van der Waals surface area contributed by atoms with Crippen molar-refractivity contribution in [2.45, 2.75) is 6.92 Å². The Balaban J connectivity index is 1.67. The van der Waals surface area contributed by atoms with E-state index in [4.69, 9.17) is 11.6 Å². The van der Waals surface area contributed by atoms with Crippen LogP contribution in [0.15, 0.2) is 72.8 Å². The number of halogens is 1. The fourth-order valence-electron chi connectivity index (χ4n) is 2.46. The van der Waals surface area contributed by atoms with Crippen LogP contribution >= 0.6 is 11.6 Å². The third-order valence-corrected chi connectivity index (χ3v) is 4.11. The highest BCUT2D eigenvalue weighted by atomic mass is 35.5. The van der Waals surface area contributed by atoms with Crippen LogP contribution in [-0.2, 0) is 0 Å². The van der Waals surface area contributed by atoms with Gasteiger partial charge in [-0.05, 0) is 67.1 Å². The molecule has 0 aliphatic rings. The van der Waals surface area contributed by atoms with Gasteiger partial charge in [0.05, 0.1) is 0 Å². The van der Waals surface area contributed by atoms with Gasteiger partial charge >= 0.3 is 0 Å². The summed E-state index contributed by atoms with van der Waals surface area (Å²) in [6.07, 6.45) is 0. The van der Waals surface area contributed by atoms with Crippen LogP contribution in [0.5, 0.6) is 0 Å². The van der Waals surface area contributed by atoms with Gasteiger partial charge in [-0.15, -0.1) is 0 Å². The van der Waals surface area contributed by atoms with Crippen molar-refractivity contribution in [3.05, 3.63) is 94.5 Å². The number of carbonyl (C=O) groups is 2. The molecule has 3 rings (SSSR count). The highest BCUT2D eigenvalue weighted by Gasteiger charge is 2.09. The number of aryl methyl sites for hydroxylation is 1. The van der Waals surface area contributed by atoms with Crippen molar-refractivity contribution in [2.75, 3.05) is 10.6 Å². The molecule has 5 heteroatoms. The van der Waals surface area contributed by atoms with E-state index in [-0.39, 0.29) is 11.8 Å². The van der Waals surface area contributed by atoms with Crippen molar-refractivity contribution in [3.63, 3.8) is 0 Å². The van der Waals surface area contributed by atoms with Gasteiger partial charge < -0.3 is 10.6 Å². The lowest BCUT2D eigenvalue weighted by Crippen LogP contribution is -2.14. The molecule has 0 bridgehead atoms. The molecule has 3 aromatic rings. The minimum Gasteiger partial charge on any atom is -0.322 e. The van der Waals surface area contributed by atoms with Crippen molar-refractivity contribution < 1.29 is 9.59 Å². The topological polar surface area (TPSA) is 58.2 Å². The number of nitrogens with one attached hydrogen (secondary N) is 2. The van der Waals surface area contributed by atoms with Crippen LogP contribution in [0.4, 0.5) is 11.4 Å². The number of amides is 2. The summed E-state index contributed by atoms with van der Waals surface area (Å²) >= 11 is 5.93. The Labute approximate surface area is 156 Å². The second kappa shape index (κ2) is 7.85. The van der Waals surface area contributed by atoms with Crippen LogP contribution in [0.3, 0.4) is 0 Å². The number of rotatable bonds is 4. The molecule has 0 atom stereocenters. The van der Waals surface area contributed by atoms with E-state index < -0.39 is 0 Å². The molecule has 0 saturated heterocycles. The summed E-state index contributed by atoms with van der Waals surface area (Å²) in [5, 5.41) is 6.28. The van der Waals surface area contributed by atoms with E-state index in [2.05, 4.69) is 10.6 Å². The van der Waals surface area contributed by atoms with Crippen LogP contribution in [0.25, 0.3) is 0 Å². The number of hydrogen-bond acceptors (Lipinski definition) is 2. The summed E-state index contributed by atoms with van der Waals surface area (Å²) < 4.78 is 0. The minimum absolute atomic E-state index is 0.195. The second-order valence-electron chi connectivity index (χ2n) is 5.81. The highest BCUT2D eigenvalue weighted by Crippen LogP contribution is 2.20. The number of benzene rings is 3. The molecule has 26 heavy (non-hydrogen) atoms. The zero-order chi connectivity index (χ0) is 18.5. The van der Waals surface area contributed by atoms with Gasteiger partial charge in [-0.2, -0.15) is 0 Å². The summed E-state index contributed by atoms with van der Waals surface area (Å²) in [6.45, 7) is 1.88. The molecule has 0 aliphatic heterocycles. The maximum Gasteiger partial charge on any atom is 0.255 e. The lowest BCUT2D eigenvalue weighted by atomic mass is 10.1. The quantitative estimate of drug-likeness (QED) is 0.672. The lowest BCUT2D eigenvalue weighted by Gasteiger charge is -2.10. The minimum atomic E-state index is -0.226. The summed E-state index contributed by atoms with van der Waals surface area (Å²) in [7, 11) is 0. The number of carbonyl (C=O) groups excluding carboxylic acids is 2. The fourth-order valence-corrected chi connectivity index (χ4v) is 2.69. The van der Waals surface area contributed by atoms with Gasteiger partial charge in [0, 0.05) is 27.5 Å². The summed E-state index contributed by atoms with van der Waals surface area (Å²) in [5.41, 5.74) is 3.29. The Morgan fingerprint density at radius 2 is 1.38 bits per heavy atom. The zero-order valence-electron chi connectivity index (χ0n) is 14.1. The van der Waals surface area contributed by atoms with Crippen molar-refractivity contribution in [1.29, 1.82) is 0 Å². The Bertz CT molecular complexity index is 938. The van der Waals surface area contributed by atoms with Crippen LogP contribution in [-0.4, -0.2) is 11.8 Å². The predicted molar refractivity (Wildman–Crippen MR) is 105 cm³/mol. The molecule has 0 radical (unpaired) electrons. The molecule has 0 fully saturated rings. The standard InChI is InChI=1S/C21H17ClN2O2/c1-14-13-17(22)9-12-19(14)24-21(26)16-7-10-18(11-8-16)23-20(25)15-5-3-2-4-6-15/h2-13H,1H3,(H,23,25)(H,24,26). The average Bonchev–Trinajstić information content (AvgIpc) is 2.65. The van der Waals surface area contributed by atoms with Gasteiger partial charge in [-0.3, -0.25) is 9.59 Å². The third kappa shape index (κ3) is 4.29. The van der Waals surface area contributed by atoms with Crippen LogP contribution < -0.4 is 10.6 Å². The van der Waals surface area contributed by atoms with E-state index in [1.165, 1.54) is 0 Å². The highest BCUT2D eigenvalue weighted by molar-refractivity contribution is 6.30. The lowest BCUT2D eigenvalue weighted by molar-refractivity contribution is 0.102. The maximum absolute atomic E-state index is 12.4. The molecular weight excluding hydrogens is 348 g/mol. The van der Waals surface area contributed by atoms with Crippen molar-refractivity contribution in [3.8, 4) is 0 Å². The van der Waals surface area contributed by atoms with E-state index in [1.54, 1.807) is 66.7 Å². The van der Waals surface area contributed by atoms with E-state index in [9.17, 15) is 9.59 Å². The molecular formula is C21H17ClN2O2. The first-order valence-electron chi connectivity index (χ1n) is 8.07. The third-order valence-electron chi connectivity index (χ3n) is 3.88. The van der Waals surface area contributed by atoms with Crippen molar-refractivity contribution in [1.82, 2.24) is 0 Å². The average molecular weight is 365 g/mol. The van der Waals surface area contributed by atoms with Gasteiger partial charge in [0.1, 0.15) is 0 Å². The van der Waals surface area contributed by atoms with E-state index in [0.717, 1.165) is 5.56 Å². The Kier molecular flexibility index (Phi) is 5.34. The van der Waals surface area contributed by atoms with Gasteiger partial charge in [0.2, 0.25) is 0 Å². The van der Waals surface area contributed by atoms with Gasteiger partial charge in [0.25, 0.3) is 11.8 Å². The molecule has 0 spiro atoms. The van der Waals surface area contributed by atoms with Crippen LogP contribution in [0.2, 0.25) is 5.02 Å². The molecule has 0 heterocycles. The number of anilines is 2. The summed E-state index contributed by atoms with van der Waals surface area (Å²) in [6, 6.07) is 21.0. The number of hydrogen-bond donors (Lipinski definition) is 2. The van der Waals surface area contributed by atoms with E-state index in [1.807, 2.05) is 13.0 Å². The van der Waals surface area contributed by atoms with Gasteiger partial charge in [0.15, 0.2) is 0 Å². The molecule has 130 valence electrons. The first-order chi connectivity index (χ1) is 12.5. The molecule has 3 aromatic carbocycles. The molecule has 2 amide bonds. The first-order valence-corrected chi connectivity index (χ1v) is 8.45. The molecule has 2 N–H and O–H groups in total. The van der Waals surface area contributed by atoms with Gasteiger partial charge in [-0.1, -0.05) is 29.8 Å². The Morgan fingerprint density at radius 3 is 2.04 bits per heavy atom. The molecule has 0 unspecified atom stereocenters. The predicted octanol–water partition coefficient (Wildman–Crippen LogP) is 5.15. The summed E-state index contributed by atoms with van der Waals surface area (Å²) in [5.74, 6) is -0.420. The summed E-state index contributed by atoms with van der Waals surface area (Å²) in [4.78, 5) is 24.5. The fraction of sp³-hybridized carbons (Fsp3) is 0.0476. The molecule has 0 aliphatic carbocycles. The largest absolute Gasteiger partial charge is 0.322 e. The second-order valence-corrected chi connectivity index (χ2v) is 6.25. The van der Waals surface area contributed by atoms with Crippen LogP contribution in [0, 0.1) is 6.92 Å².